The van der Waals surface area contributed by atoms with Gasteiger partial charge in [0.25, 0.3) is 0 Å². The Hall–Kier alpha value is -1.49. The van der Waals surface area contributed by atoms with E-state index in [4.69, 9.17) is 5.26 Å². The number of nitrogens with zero attached hydrogens (tertiary/aromatic N) is 2. The fourth-order valence-corrected chi connectivity index (χ4v) is 2.49. The summed E-state index contributed by atoms with van der Waals surface area (Å²) in [4.78, 5) is 2.45. The zero-order valence-corrected chi connectivity index (χ0v) is 10.0. The van der Waals surface area contributed by atoms with Crippen LogP contribution < -0.4 is 4.90 Å². The summed E-state index contributed by atoms with van der Waals surface area (Å²) in [5.41, 5.74) is 3.27. The van der Waals surface area contributed by atoms with Crippen molar-refractivity contribution in [2.24, 2.45) is 5.92 Å². The molecular weight excluding hydrogens is 196 g/mol. The molecule has 1 aliphatic rings. The molecule has 84 valence electrons. The molecule has 2 nitrogen and oxygen atoms in total. The minimum Gasteiger partial charge on any atom is -0.371 e. The Morgan fingerprint density at radius 1 is 1.44 bits per heavy atom. The van der Waals surface area contributed by atoms with Gasteiger partial charge in [0.05, 0.1) is 11.6 Å². The van der Waals surface area contributed by atoms with E-state index in [0.29, 0.717) is 0 Å². The Morgan fingerprint density at radius 3 is 2.88 bits per heavy atom. The maximum absolute atomic E-state index is 8.84. The van der Waals surface area contributed by atoms with Crippen LogP contribution in [-0.2, 0) is 0 Å². The van der Waals surface area contributed by atoms with E-state index >= 15 is 0 Å². The number of nitriles is 1. The van der Waals surface area contributed by atoms with Crippen molar-refractivity contribution < 1.29 is 0 Å². The third-order valence-corrected chi connectivity index (χ3v) is 3.32. The Kier molecular flexibility index (Phi) is 3.14. The van der Waals surface area contributed by atoms with Gasteiger partial charge in [-0.15, -0.1) is 0 Å². The quantitative estimate of drug-likeness (QED) is 0.718. The average Bonchev–Trinajstić information content (AvgIpc) is 2.28. The van der Waals surface area contributed by atoms with Crippen LogP contribution in [0.4, 0.5) is 5.69 Å². The Balaban J connectivity index is 2.23. The van der Waals surface area contributed by atoms with Crippen molar-refractivity contribution in [3.63, 3.8) is 0 Å². The summed E-state index contributed by atoms with van der Waals surface area (Å²) in [5.74, 6) is 0.781. The molecule has 0 aliphatic carbocycles. The zero-order chi connectivity index (χ0) is 11.5. The standard InChI is InChI=1S/C14H18N2/c1-11-4-3-7-16(10-11)14-6-5-13(9-15)8-12(14)2/h5-6,8,11H,3-4,7,10H2,1-2H3/t11-/m1/s1. The van der Waals surface area contributed by atoms with Gasteiger partial charge in [0.15, 0.2) is 0 Å². The van der Waals surface area contributed by atoms with Gasteiger partial charge in [-0.3, -0.25) is 0 Å². The first-order chi connectivity index (χ1) is 7.70. The van der Waals surface area contributed by atoms with Crippen LogP contribution in [0.3, 0.4) is 0 Å². The molecule has 2 heteroatoms. The first kappa shape index (κ1) is 11.0. The summed E-state index contributed by atoms with van der Waals surface area (Å²) in [6.45, 7) is 6.70. The normalized spacial score (nSPS) is 20.6. The van der Waals surface area contributed by atoms with Gasteiger partial charge >= 0.3 is 0 Å². The minimum absolute atomic E-state index is 0.756. The molecular formula is C14H18N2. The molecule has 0 aromatic heterocycles. The van der Waals surface area contributed by atoms with E-state index < -0.39 is 0 Å². The molecule has 2 rings (SSSR count). The lowest BCUT2D eigenvalue weighted by Crippen LogP contribution is -2.34. The number of aryl methyl sites for hydroxylation is 1. The molecule has 0 radical (unpaired) electrons. The first-order valence-electron chi connectivity index (χ1n) is 5.96. The zero-order valence-electron chi connectivity index (χ0n) is 10.0. The summed E-state index contributed by atoms with van der Waals surface area (Å²) < 4.78 is 0. The lowest BCUT2D eigenvalue weighted by molar-refractivity contribution is 0.446. The molecule has 0 spiro atoms. The largest absolute Gasteiger partial charge is 0.371 e. The number of hydrogen-bond acceptors (Lipinski definition) is 2. The van der Waals surface area contributed by atoms with Gasteiger partial charge in [0, 0.05) is 18.8 Å². The highest BCUT2D eigenvalue weighted by Gasteiger charge is 2.17. The van der Waals surface area contributed by atoms with Gasteiger partial charge in [-0.05, 0) is 49.4 Å². The van der Waals surface area contributed by atoms with Gasteiger partial charge in [-0.25, -0.2) is 0 Å². The van der Waals surface area contributed by atoms with E-state index in [1.165, 1.54) is 24.1 Å². The third kappa shape index (κ3) is 2.19. The van der Waals surface area contributed by atoms with Crippen molar-refractivity contribution in [3.05, 3.63) is 29.3 Å². The second kappa shape index (κ2) is 4.57. The molecule has 1 fully saturated rings. The molecule has 1 atom stereocenters. The number of hydrogen-bond donors (Lipinski definition) is 0. The highest BCUT2D eigenvalue weighted by molar-refractivity contribution is 5.56. The SMILES string of the molecule is Cc1cc(C#N)ccc1N1CCC[C@@H](C)C1. The third-order valence-electron chi connectivity index (χ3n) is 3.32. The molecule has 0 amide bonds. The van der Waals surface area contributed by atoms with E-state index in [1.807, 2.05) is 12.1 Å². The maximum Gasteiger partial charge on any atom is 0.0991 e. The van der Waals surface area contributed by atoms with Crippen molar-refractivity contribution in [1.82, 2.24) is 0 Å². The molecule has 0 N–H and O–H groups in total. The average molecular weight is 214 g/mol. The maximum atomic E-state index is 8.84. The molecule has 0 unspecified atom stereocenters. The number of benzene rings is 1. The molecule has 1 heterocycles. The highest BCUT2D eigenvalue weighted by atomic mass is 15.1. The van der Waals surface area contributed by atoms with Crippen molar-refractivity contribution in [2.45, 2.75) is 26.7 Å². The van der Waals surface area contributed by atoms with E-state index in [-0.39, 0.29) is 0 Å². The molecule has 1 aromatic carbocycles. The fourth-order valence-electron chi connectivity index (χ4n) is 2.49. The molecule has 1 aliphatic heterocycles. The molecule has 16 heavy (non-hydrogen) atoms. The second-order valence-corrected chi connectivity index (χ2v) is 4.81. The lowest BCUT2D eigenvalue weighted by Gasteiger charge is -2.33. The molecule has 0 saturated carbocycles. The number of rotatable bonds is 1. The summed E-state index contributed by atoms with van der Waals surface area (Å²) in [6.07, 6.45) is 2.62. The topological polar surface area (TPSA) is 27.0 Å². The van der Waals surface area contributed by atoms with Crippen molar-refractivity contribution in [3.8, 4) is 6.07 Å². The van der Waals surface area contributed by atoms with Gasteiger partial charge in [0.2, 0.25) is 0 Å². The van der Waals surface area contributed by atoms with Gasteiger partial charge < -0.3 is 4.90 Å². The lowest BCUT2D eigenvalue weighted by atomic mass is 9.98. The Morgan fingerprint density at radius 2 is 2.25 bits per heavy atom. The number of piperidine rings is 1. The van der Waals surface area contributed by atoms with Crippen LogP contribution in [0.15, 0.2) is 18.2 Å². The van der Waals surface area contributed by atoms with E-state index in [1.54, 1.807) is 0 Å². The van der Waals surface area contributed by atoms with E-state index in [9.17, 15) is 0 Å². The highest BCUT2D eigenvalue weighted by Crippen LogP contribution is 2.26. The van der Waals surface area contributed by atoms with Crippen molar-refractivity contribution >= 4 is 5.69 Å². The van der Waals surface area contributed by atoms with Gasteiger partial charge in [-0.1, -0.05) is 6.92 Å². The summed E-state index contributed by atoms with van der Waals surface area (Å²) in [5, 5.41) is 8.84. The summed E-state index contributed by atoms with van der Waals surface area (Å²) in [7, 11) is 0. The van der Waals surface area contributed by atoms with E-state index in [2.05, 4.69) is 30.9 Å². The smallest absolute Gasteiger partial charge is 0.0991 e. The monoisotopic (exact) mass is 214 g/mol. The summed E-state index contributed by atoms with van der Waals surface area (Å²) in [6, 6.07) is 8.18. The van der Waals surface area contributed by atoms with Crippen LogP contribution in [-0.4, -0.2) is 13.1 Å². The first-order valence-corrected chi connectivity index (χ1v) is 5.96. The van der Waals surface area contributed by atoms with Crippen molar-refractivity contribution in [2.75, 3.05) is 18.0 Å². The van der Waals surface area contributed by atoms with Crippen LogP contribution in [0.1, 0.15) is 30.9 Å². The van der Waals surface area contributed by atoms with Crippen LogP contribution >= 0.6 is 0 Å². The van der Waals surface area contributed by atoms with E-state index in [0.717, 1.165) is 24.6 Å². The van der Waals surface area contributed by atoms with Gasteiger partial charge in [0.1, 0.15) is 0 Å². The van der Waals surface area contributed by atoms with Crippen LogP contribution in [0.2, 0.25) is 0 Å². The fraction of sp³-hybridized carbons (Fsp3) is 0.500. The van der Waals surface area contributed by atoms with Crippen LogP contribution in [0.5, 0.6) is 0 Å². The minimum atomic E-state index is 0.756. The van der Waals surface area contributed by atoms with Gasteiger partial charge in [-0.2, -0.15) is 5.26 Å². The molecule has 0 bridgehead atoms. The molecule has 1 aromatic rings. The summed E-state index contributed by atoms with van der Waals surface area (Å²) >= 11 is 0. The van der Waals surface area contributed by atoms with Crippen LogP contribution in [0.25, 0.3) is 0 Å². The predicted molar refractivity (Wildman–Crippen MR) is 66.5 cm³/mol. The Labute approximate surface area is 97.5 Å². The number of anilines is 1. The predicted octanol–water partition coefficient (Wildman–Crippen LogP) is 3.10. The van der Waals surface area contributed by atoms with Crippen LogP contribution in [0, 0.1) is 24.2 Å². The molecule has 1 saturated heterocycles. The Bertz CT molecular complexity index is 417. The van der Waals surface area contributed by atoms with Crippen molar-refractivity contribution in [1.29, 1.82) is 5.26 Å². The second-order valence-electron chi connectivity index (χ2n) is 4.81.